The van der Waals surface area contributed by atoms with E-state index in [1.54, 1.807) is 7.11 Å². The molecule has 0 aromatic heterocycles. The number of ketones is 1. The Bertz CT molecular complexity index is 417. The minimum atomic E-state index is 0.280. The molecule has 98 valence electrons. The molecule has 0 unspecified atom stereocenters. The number of benzene rings is 1. The quantitative estimate of drug-likeness (QED) is 0.729. The lowest BCUT2D eigenvalue weighted by Gasteiger charge is -2.10. The Morgan fingerprint density at radius 1 is 1.33 bits per heavy atom. The molecular formula is C16H22O2. The van der Waals surface area contributed by atoms with Crippen LogP contribution in [0.4, 0.5) is 0 Å². The van der Waals surface area contributed by atoms with Gasteiger partial charge in [-0.05, 0) is 43.0 Å². The third-order valence-corrected chi connectivity index (χ3v) is 3.99. The molecule has 0 heterocycles. The van der Waals surface area contributed by atoms with E-state index in [2.05, 4.69) is 0 Å². The Hall–Kier alpha value is -1.31. The molecule has 2 nitrogen and oxygen atoms in total. The maximum absolute atomic E-state index is 12.2. The van der Waals surface area contributed by atoms with Crippen LogP contribution in [0.2, 0.25) is 0 Å². The maximum Gasteiger partial charge on any atom is 0.163 e. The van der Waals surface area contributed by atoms with Gasteiger partial charge in [0.1, 0.15) is 5.75 Å². The number of carbonyl (C=O) groups excluding carboxylic acids is 1. The molecule has 0 aliphatic heterocycles. The molecule has 0 N–H and O–H groups in total. The Morgan fingerprint density at radius 3 is 2.67 bits per heavy atom. The number of ether oxygens (including phenoxy) is 1. The zero-order valence-electron chi connectivity index (χ0n) is 11.4. The van der Waals surface area contributed by atoms with Crippen LogP contribution in [0.3, 0.4) is 0 Å². The normalized spacial score (nSPS) is 15.9. The molecule has 18 heavy (non-hydrogen) atoms. The lowest BCUT2D eigenvalue weighted by Crippen LogP contribution is -2.05. The van der Waals surface area contributed by atoms with Crippen LogP contribution in [-0.4, -0.2) is 12.9 Å². The van der Waals surface area contributed by atoms with Crippen molar-refractivity contribution in [2.24, 2.45) is 5.92 Å². The molecule has 1 aromatic rings. The van der Waals surface area contributed by atoms with Crippen LogP contribution in [0.25, 0.3) is 0 Å². The van der Waals surface area contributed by atoms with E-state index in [9.17, 15) is 4.79 Å². The van der Waals surface area contributed by atoms with E-state index in [1.165, 1.54) is 25.7 Å². The van der Waals surface area contributed by atoms with Gasteiger partial charge in [-0.1, -0.05) is 25.7 Å². The molecule has 1 aliphatic carbocycles. The molecule has 1 fully saturated rings. The Labute approximate surface area is 109 Å². The monoisotopic (exact) mass is 246 g/mol. The van der Waals surface area contributed by atoms with Gasteiger partial charge in [0.25, 0.3) is 0 Å². The second-order valence-electron chi connectivity index (χ2n) is 5.29. The average Bonchev–Trinajstić information content (AvgIpc) is 2.88. The zero-order valence-corrected chi connectivity index (χ0v) is 11.4. The largest absolute Gasteiger partial charge is 0.497 e. The third-order valence-electron chi connectivity index (χ3n) is 3.99. The van der Waals surface area contributed by atoms with Gasteiger partial charge in [0, 0.05) is 12.0 Å². The Balaban J connectivity index is 1.95. The van der Waals surface area contributed by atoms with Crippen molar-refractivity contribution in [1.82, 2.24) is 0 Å². The van der Waals surface area contributed by atoms with Gasteiger partial charge in [0.05, 0.1) is 7.11 Å². The smallest absolute Gasteiger partial charge is 0.163 e. The van der Waals surface area contributed by atoms with Crippen molar-refractivity contribution in [3.05, 3.63) is 29.3 Å². The van der Waals surface area contributed by atoms with E-state index in [0.29, 0.717) is 6.42 Å². The van der Waals surface area contributed by atoms with Gasteiger partial charge in [-0.2, -0.15) is 0 Å². The molecule has 1 aliphatic rings. The molecule has 1 aromatic carbocycles. The highest BCUT2D eigenvalue weighted by Crippen LogP contribution is 2.29. The minimum Gasteiger partial charge on any atom is -0.497 e. The summed E-state index contributed by atoms with van der Waals surface area (Å²) in [7, 11) is 1.65. The van der Waals surface area contributed by atoms with E-state index >= 15 is 0 Å². The molecular weight excluding hydrogens is 224 g/mol. The summed E-state index contributed by atoms with van der Waals surface area (Å²) in [6.45, 7) is 1.98. The summed E-state index contributed by atoms with van der Waals surface area (Å²) in [5.41, 5.74) is 1.87. The van der Waals surface area contributed by atoms with Gasteiger partial charge >= 0.3 is 0 Å². The first-order valence-corrected chi connectivity index (χ1v) is 6.88. The molecule has 0 amide bonds. The van der Waals surface area contributed by atoms with E-state index < -0.39 is 0 Å². The van der Waals surface area contributed by atoms with Crippen LogP contribution in [0, 0.1) is 12.8 Å². The molecule has 2 rings (SSSR count). The van der Waals surface area contributed by atoms with Gasteiger partial charge in [-0.3, -0.25) is 4.79 Å². The number of carbonyl (C=O) groups is 1. The summed E-state index contributed by atoms with van der Waals surface area (Å²) in [6, 6.07) is 5.70. The summed E-state index contributed by atoms with van der Waals surface area (Å²) >= 11 is 0. The van der Waals surface area contributed by atoms with E-state index in [1.807, 2.05) is 25.1 Å². The van der Waals surface area contributed by atoms with Crippen LogP contribution in [0.5, 0.6) is 5.75 Å². The summed E-state index contributed by atoms with van der Waals surface area (Å²) in [4.78, 5) is 12.2. The van der Waals surface area contributed by atoms with Gasteiger partial charge in [0.2, 0.25) is 0 Å². The van der Waals surface area contributed by atoms with Gasteiger partial charge in [0.15, 0.2) is 5.78 Å². The minimum absolute atomic E-state index is 0.280. The number of hydrogen-bond acceptors (Lipinski definition) is 2. The highest BCUT2D eigenvalue weighted by molar-refractivity contribution is 5.97. The fourth-order valence-electron chi connectivity index (χ4n) is 2.84. The summed E-state index contributed by atoms with van der Waals surface area (Å²) < 4.78 is 5.16. The molecule has 0 saturated heterocycles. The van der Waals surface area contributed by atoms with Crippen LogP contribution < -0.4 is 4.74 Å². The molecule has 0 radical (unpaired) electrons. The standard InChI is InChI=1S/C16H22O2/c1-12-11-14(18-2)8-9-15(12)16(17)10-7-13-5-3-4-6-13/h8-9,11,13H,3-7,10H2,1-2H3. The second kappa shape index (κ2) is 6.03. The third kappa shape index (κ3) is 3.12. The highest BCUT2D eigenvalue weighted by atomic mass is 16.5. The maximum atomic E-state index is 12.2. The molecule has 1 saturated carbocycles. The molecule has 0 atom stereocenters. The summed E-state index contributed by atoms with van der Waals surface area (Å²) in [6.07, 6.45) is 7.08. The van der Waals surface area contributed by atoms with Crippen molar-refractivity contribution in [2.45, 2.75) is 45.4 Å². The van der Waals surface area contributed by atoms with E-state index in [0.717, 1.165) is 29.2 Å². The number of Topliss-reactive ketones (excluding diaryl/α,β-unsaturated/α-hetero) is 1. The summed E-state index contributed by atoms with van der Waals surface area (Å²) in [5.74, 6) is 1.88. The predicted octanol–water partition coefficient (Wildman–Crippen LogP) is 4.16. The first-order valence-electron chi connectivity index (χ1n) is 6.88. The van der Waals surface area contributed by atoms with Crippen LogP contribution in [0.15, 0.2) is 18.2 Å². The number of aryl methyl sites for hydroxylation is 1. The first kappa shape index (κ1) is 13.1. The van der Waals surface area contributed by atoms with Gasteiger partial charge < -0.3 is 4.74 Å². The first-order chi connectivity index (χ1) is 8.70. The van der Waals surface area contributed by atoms with Crippen molar-refractivity contribution in [1.29, 1.82) is 0 Å². The fourth-order valence-corrected chi connectivity index (χ4v) is 2.84. The molecule has 2 heteroatoms. The Kier molecular flexibility index (Phi) is 4.40. The molecule has 0 bridgehead atoms. The SMILES string of the molecule is COc1ccc(C(=O)CCC2CCCC2)c(C)c1. The van der Waals surface area contributed by atoms with E-state index in [-0.39, 0.29) is 5.78 Å². The van der Waals surface area contributed by atoms with Crippen molar-refractivity contribution in [3.8, 4) is 5.75 Å². The lowest BCUT2D eigenvalue weighted by molar-refractivity contribution is 0.0973. The lowest BCUT2D eigenvalue weighted by atomic mass is 9.95. The highest BCUT2D eigenvalue weighted by Gasteiger charge is 2.17. The van der Waals surface area contributed by atoms with Crippen molar-refractivity contribution in [3.63, 3.8) is 0 Å². The second-order valence-corrected chi connectivity index (χ2v) is 5.29. The van der Waals surface area contributed by atoms with Crippen LogP contribution in [-0.2, 0) is 0 Å². The average molecular weight is 246 g/mol. The predicted molar refractivity (Wildman–Crippen MR) is 73.3 cm³/mol. The number of methoxy groups -OCH3 is 1. The summed E-state index contributed by atoms with van der Waals surface area (Å²) in [5, 5.41) is 0. The van der Waals surface area contributed by atoms with Crippen molar-refractivity contribution >= 4 is 5.78 Å². The fraction of sp³-hybridized carbons (Fsp3) is 0.562. The van der Waals surface area contributed by atoms with Gasteiger partial charge in [-0.25, -0.2) is 0 Å². The Morgan fingerprint density at radius 2 is 2.06 bits per heavy atom. The van der Waals surface area contributed by atoms with Crippen LogP contribution >= 0.6 is 0 Å². The van der Waals surface area contributed by atoms with E-state index in [4.69, 9.17) is 4.74 Å². The number of hydrogen-bond donors (Lipinski definition) is 0. The van der Waals surface area contributed by atoms with Crippen LogP contribution in [0.1, 0.15) is 54.4 Å². The van der Waals surface area contributed by atoms with Gasteiger partial charge in [-0.15, -0.1) is 0 Å². The van der Waals surface area contributed by atoms with Crippen molar-refractivity contribution < 1.29 is 9.53 Å². The topological polar surface area (TPSA) is 26.3 Å². The molecule has 0 spiro atoms. The number of rotatable bonds is 5. The van der Waals surface area contributed by atoms with Crippen molar-refractivity contribution in [2.75, 3.05) is 7.11 Å². The zero-order chi connectivity index (χ0) is 13.0.